The van der Waals surface area contributed by atoms with E-state index in [1.54, 1.807) is 0 Å². The van der Waals surface area contributed by atoms with E-state index in [1.807, 2.05) is 6.92 Å². The fraction of sp³-hybridized carbons (Fsp3) is 0.556. The van der Waals surface area contributed by atoms with Crippen LogP contribution in [-0.2, 0) is 0 Å². The summed E-state index contributed by atoms with van der Waals surface area (Å²) in [6.07, 6.45) is 2.41. The zero-order valence-corrected chi connectivity index (χ0v) is 9.43. The molecule has 6 heteroatoms. The molecule has 3 N–H and O–H groups in total. The normalized spacial score (nSPS) is 15.7. The van der Waals surface area contributed by atoms with Crippen LogP contribution in [0.4, 0.5) is 5.13 Å². The maximum absolute atomic E-state index is 11.4. The van der Waals surface area contributed by atoms with Crippen molar-refractivity contribution in [1.82, 2.24) is 10.4 Å². The van der Waals surface area contributed by atoms with Crippen LogP contribution in [0.1, 0.15) is 28.2 Å². The number of carbonyl (C=O) groups is 1. The third-order valence-electron chi connectivity index (χ3n) is 2.50. The van der Waals surface area contributed by atoms with E-state index < -0.39 is 0 Å². The number of hydrogen-bond donors (Lipinski definition) is 2. The number of nitrogens with zero attached hydrogens (tertiary/aromatic N) is 2. The summed E-state index contributed by atoms with van der Waals surface area (Å²) in [5.74, 6) is 4.85. The molecule has 15 heavy (non-hydrogen) atoms. The average molecular weight is 226 g/mol. The molecular weight excluding hydrogens is 212 g/mol. The summed E-state index contributed by atoms with van der Waals surface area (Å²) < 4.78 is 0. The van der Waals surface area contributed by atoms with Crippen molar-refractivity contribution in [3.63, 3.8) is 0 Å². The molecule has 0 radical (unpaired) electrons. The Morgan fingerprint density at radius 1 is 1.53 bits per heavy atom. The molecule has 0 aliphatic carbocycles. The van der Waals surface area contributed by atoms with Crippen molar-refractivity contribution >= 4 is 22.4 Å². The van der Waals surface area contributed by atoms with Gasteiger partial charge in [0.25, 0.3) is 5.91 Å². The molecule has 2 rings (SSSR count). The Morgan fingerprint density at radius 2 is 2.20 bits per heavy atom. The van der Waals surface area contributed by atoms with E-state index in [0.717, 1.165) is 23.9 Å². The number of nitrogens with two attached hydrogens (primary N) is 1. The van der Waals surface area contributed by atoms with Gasteiger partial charge in [0.2, 0.25) is 0 Å². The van der Waals surface area contributed by atoms with E-state index in [4.69, 9.17) is 5.84 Å². The lowest BCUT2D eigenvalue weighted by molar-refractivity contribution is 0.0957. The Balaban J connectivity index is 2.23. The van der Waals surface area contributed by atoms with Gasteiger partial charge in [-0.25, -0.2) is 10.8 Å². The second-order valence-electron chi connectivity index (χ2n) is 3.58. The van der Waals surface area contributed by atoms with Crippen LogP contribution >= 0.6 is 11.3 Å². The second kappa shape index (κ2) is 4.16. The highest BCUT2D eigenvalue weighted by Gasteiger charge is 2.20. The van der Waals surface area contributed by atoms with E-state index in [9.17, 15) is 4.79 Å². The van der Waals surface area contributed by atoms with Crippen molar-refractivity contribution in [3.8, 4) is 0 Å². The van der Waals surface area contributed by atoms with E-state index >= 15 is 0 Å². The molecule has 0 bridgehead atoms. The van der Waals surface area contributed by atoms with Gasteiger partial charge in [0.05, 0.1) is 5.69 Å². The first-order valence-corrected chi connectivity index (χ1v) is 5.77. The molecule has 1 aromatic rings. The van der Waals surface area contributed by atoms with Gasteiger partial charge in [-0.3, -0.25) is 10.2 Å². The first-order valence-electron chi connectivity index (χ1n) is 4.95. The summed E-state index contributed by atoms with van der Waals surface area (Å²) >= 11 is 1.41. The van der Waals surface area contributed by atoms with Crippen LogP contribution in [0.15, 0.2) is 0 Å². The third kappa shape index (κ3) is 1.95. The minimum Gasteiger partial charge on any atom is -0.348 e. The van der Waals surface area contributed by atoms with Gasteiger partial charge in [0.1, 0.15) is 4.88 Å². The van der Waals surface area contributed by atoms with Crippen LogP contribution in [0.2, 0.25) is 0 Å². The largest absolute Gasteiger partial charge is 0.348 e. The smallest absolute Gasteiger partial charge is 0.277 e. The van der Waals surface area contributed by atoms with Gasteiger partial charge in [-0.05, 0) is 19.8 Å². The summed E-state index contributed by atoms with van der Waals surface area (Å²) in [4.78, 5) is 18.6. The van der Waals surface area contributed by atoms with Crippen LogP contribution < -0.4 is 16.2 Å². The van der Waals surface area contributed by atoms with Crippen molar-refractivity contribution < 1.29 is 4.79 Å². The minimum absolute atomic E-state index is 0.254. The predicted molar refractivity (Wildman–Crippen MR) is 60.0 cm³/mol. The van der Waals surface area contributed by atoms with Crippen LogP contribution in [0.5, 0.6) is 0 Å². The average Bonchev–Trinajstić information content (AvgIpc) is 2.84. The van der Waals surface area contributed by atoms with Gasteiger partial charge >= 0.3 is 0 Å². The standard InChI is InChI=1S/C9H14N4OS/c1-6-7(8(14)12-10)15-9(11-6)13-4-2-3-5-13/h2-5,10H2,1H3,(H,12,14). The summed E-state index contributed by atoms with van der Waals surface area (Å²) in [6.45, 7) is 3.91. The number of aryl methyl sites for hydroxylation is 1. The summed E-state index contributed by atoms with van der Waals surface area (Å²) in [5.41, 5.74) is 2.89. The van der Waals surface area contributed by atoms with Crippen molar-refractivity contribution in [1.29, 1.82) is 0 Å². The Bertz CT molecular complexity index is 370. The number of nitrogen functional groups attached to an aromatic ring is 1. The summed E-state index contributed by atoms with van der Waals surface area (Å²) in [5, 5.41) is 0.934. The monoisotopic (exact) mass is 226 g/mol. The van der Waals surface area contributed by atoms with Crippen LogP contribution in [0, 0.1) is 6.92 Å². The lowest BCUT2D eigenvalue weighted by Crippen LogP contribution is -2.29. The van der Waals surface area contributed by atoms with Crippen molar-refractivity contribution in [2.24, 2.45) is 5.84 Å². The number of amides is 1. The fourth-order valence-corrected chi connectivity index (χ4v) is 2.72. The number of carbonyl (C=O) groups excluding carboxylic acids is 1. The van der Waals surface area contributed by atoms with Crippen LogP contribution in [0.3, 0.4) is 0 Å². The van der Waals surface area contributed by atoms with Gasteiger partial charge in [0.15, 0.2) is 5.13 Å². The number of nitrogens with one attached hydrogen (secondary N) is 1. The molecule has 0 saturated carbocycles. The zero-order chi connectivity index (χ0) is 10.8. The number of hydrogen-bond acceptors (Lipinski definition) is 5. The SMILES string of the molecule is Cc1nc(N2CCCC2)sc1C(=O)NN. The molecule has 0 unspecified atom stereocenters. The Kier molecular flexibility index (Phi) is 2.88. The van der Waals surface area contributed by atoms with Crippen molar-refractivity contribution in [2.45, 2.75) is 19.8 Å². The third-order valence-corrected chi connectivity index (χ3v) is 3.72. The van der Waals surface area contributed by atoms with Crippen molar-refractivity contribution in [3.05, 3.63) is 10.6 Å². The van der Waals surface area contributed by atoms with E-state index in [1.165, 1.54) is 24.2 Å². The molecule has 82 valence electrons. The molecule has 1 aromatic heterocycles. The first kappa shape index (κ1) is 10.4. The molecule has 1 fully saturated rings. The number of aromatic nitrogens is 1. The van der Waals surface area contributed by atoms with Gasteiger partial charge in [-0.1, -0.05) is 11.3 Å². The summed E-state index contributed by atoms with van der Waals surface area (Å²) in [7, 11) is 0. The van der Waals surface area contributed by atoms with E-state index in [0.29, 0.717) is 4.88 Å². The lowest BCUT2D eigenvalue weighted by Gasteiger charge is -2.11. The topological polar surface area (TPSA) is 71.2 Å². The molecule has 5 nitrogen and oxygen atoms in total. The number of hydrazine groups is 1. The maximum atomic E-state index is 11.4. The molecule has 0 spiro atoms. The van der Waals surface area contributed by atoms with Crippen molar-refractivity contribution in [2.75, 3.05) is 18.0 Å². The van der Waals surface area contributed by atoms with Gasteiger partial charge in [-0.15, -0.1) is 0 Å². The van der Waals surface area contributed by atoms with E-state index in [-0.39, 0.29) is 5.91 Å². The highest BCUT2D eigenvalue weighted by atomic mass is 32.1. The van der Waals surface area contributed by atoms with Gasteiger partial charge < -0.3 is 4.90 Å². The highest BCUT2D eigenvalue weighted by molar-refractivity contribution is 7.17. The molecular formula is C9H14N4OS. The van der Waals surface area contributed by atoms with E-state index in [2.05, 4.69) is 15.3 Å². The van der Waals surface area contributed by atoms with Crippen LogP contribution in [-0.4, -0.2) is 24.0 Å². The molecule has 2 heterocycles. The predicted octanol–water partition coefficient (Wildman–Crippen LogP) is 0.655. The summed E-state index contributed by atoms with van der Waals surface area (Å²) in [6, 6.07) is 0. The molecule has 0 atom stereocenters. The highest BCUT2D eigenvalue weighted by Crippen LogP contribution is 2.28. The molecule has 1 aliphatic heterocycles. The zero-order valence-electron chi connectivity index (χ0n) is 8.62. The molecule has 1 saturated heterocycles. The van der Waals surface area contributed by atoms with Crippen LogP contribution in [0.25, 0.3) is 0 Å². The fourth-order valence-electron chi connectivity index (χ4n) is 1.70. The molecule has 1 aliphatic rings. The first-order chi connectivity index (χ1) is 7.22. The number of thiazole rings is 1. The number of anilines is 1. The van der Waals surface area contributed by atoms with Gasteiger partial charge in [0, 0.05) is 13.1 Å². The second-order valence-corrected chi connectivity index (χ2v) is 4.56. The molecule has 1 amide bonds. The Morgan fingerprint density at radius 3 is 2.80 bits per heavy atom. The quantitative estimate of drug-likeness (QED) is 0.441. The maximum Gasteiger partial charge on any atom is 0.277 e. The minimum atomic E-state index is -0.254. The number of rotatable bonds is 2. The lowest BCUT2D eigenvalue weighted by atomic mass is 10.4. The Hall–Kier alpha value is -1.14. The molecule has 0 aromatic carbocycles. The van der Waals surface area contributed by atoms with Gasteiger partial charge in [-0.2, -0.15) is 0 Å². The Labute approximate surface area is 92.3 Å².